The monoisotopic (exact) mass is 716 g/mol. The van der Waals surface area contributed by atoms with Crippen molar-refractivity contribution < 1.29 is 4.42 Å². The first kappa shape index (κ1) is 31.9. The molecule has 5 heteroatoms. The zero-order valence-corrected chi connectivity index (χ0v) is 30.2. The Bertz CT molecular complexity index is 3180. The van der Waals surface area contributed by atoms with Crippen molar-refractivity contribution in [3.05, 3.63) is 194 Å². The van der Waals surface area contributed by atoms with Crippen LogP contribution in [0.5, 0.6) is 0 Å². The summed E-state index contributed by atoms with van der Waals surface area (Å²) in [6.45, 7) is 0. The van der Waals surface area contributed by atoms with Gasteiger partial charge in [0.2, 0.25) is 0 Å². The highest BCUT2D eigenvalue weighted by Gasteiger charge is 2.23. The fourth-order valence-corrected chi connectivity index (χ4v) is 8.04. The zero-order chi connectivity index (χ0) is 37.0. The molecule has 0 radical (unpaired) electrons. The van der Waals surface area contributed by atoms with Crippen molar-refractivity contribution in [1.82, 2.24) is 19.5 Å². The van der Waals surface area contributed by atoms with Crippen molar-refractivity contribution in [3.8, 4) is 62.1 Å². The molecule has 0 aliphatic rings. The molecular formula is C51H32N4O. The maximum atomic E-state index is 6.17. The summed E-state index contributed by atoms with van der Waals surface area (Å²) in [5.41, 5.74) is 12.2. The van der Waals surface area contributed by atoms with Gasteiger partial charge in [-0.2, -0.15) is 0 Å². The van der Waals surface area contributed by atoms with Crippen molar-refractivity contribution >= 4 is 43.7 Å². The Morgan fingerprint density at radius 2 is 0.839 bits per heavy atom. The maximum Gasteiger partial charge on any atom is 0.166 e. The Morgan fingerprint density at radius 1 is 0.321 bits per heavy atom. The highest BCUT2D eigenvalue weighted by Crippen LogP contribution is 2.42. The van der Waals surface area contributed by atoms with Crippen molar-refractivity contribution in [1.29, 1.82) is 0 Å². The lowest BCUT2D eigenvalue weighted by atomic mass is 9.98. The molecule has 3 heterocycles. The molecule has 11 rings (SSSR count). The number of nitrogens with zero attached hydrogens (tertiary/aromatic N) is 4. The predicted molar refractivity (Wildman–Crippen MR) is 229 cm³/mol. The minimum atomic E-state index is 0.605. The third-order valence-corrected chi connectivity index (χ3v) is 10.7. The van der Waals surface area contributed by atoms with E-state index in [-0.39, 0.29) is 0 Å². The lowest BCUT2D eigenvalue weighted by Gasteiger charge is -2.19. The van der Waals surface area contributed by atoms with Gasteiger partial charge in [-0.15, -0.1) is 0 Å². The third kappa shape index (κ3) is 5.29. The van der Waals surface area contributed by atoms with Gasteiger partial charge in [0.15, 0.2) is 17.5 Å². The topological polar surface area (TPSA) is 56.7 Å². The maximum absolute atomic E-state index is 6.17. The number of fused-ring (bicyclic) bond motifs is 6. The second-order valence-corrected chi connectivity index (χ2v) is 14.0. The smallest absolute Gasteiger partial charge is 0.166 e. The summed E-state index contributed by atoms with van der Waals surface area (Å²) in [4.78, 5) is 15.4. The van der Waals surface area contributed by atoms with Crippen LogP contribution in [0, 0.1) is 0 Å². The van der Waals surface area contributed by atoms with E-state index in [2.05, 4.69) is 126 Å². The van der Waals surface area contributed by atoms with E-state index in [0.29, 0.717) is 17.5 Å². The molecule has 3 aromatic heterocycles. The first-order valence-electron chi connectivity index (χ1n) is 18.8. The molecule has 0 atom stereocenters. The lowest BCUT2D eigenvalue weighted by Crippen LogP contribution is -2.05. The summed E-state index contributed by atoms with van der Waals surface area (Å²) < 4.78 is 8.56. The van der Waals surface area contributed by atoms with Gasteiger partial charge >= 0.3 is 0 Å². The van der Waals surface area contributed by atoms with Crippen LogP contribution in [0.4, 0.5) is 0 Å². The quantitative estimate of drug-likeness (QED) is 0.172. The first-order chi connectivity index (χ1) is 27.8. The molecule has 0 saturated heterocycles. The lowest BCUT2D eigenvalue weighted by molar-refractivity contribution is 0.669. The van der Waals surface area contributed by atoms with Gasteiger partial charge in [0.25, 0.3) is 0 Å². The van der Waals surface area contributed by atoms with Crippen LogP contribution in [0.1, 0.15) is 0 Å². The highest BCUT2D eigenvalue weighted by molar-refractivity contribution is 6.12. The molecule has 8 aromatic carbocycles. The van der Waals surface area contributed by atoms with E-state index in [1.807, 2.05) is 72.8 Å². The third-order valence-electron chi connectivity index (χ3n) is 10.7. The van der Waals surface area contributed by atoms with Crippen LogP contribution in [0.3, 0.4) is 0 Å². The van der Waals surface area contributed by atoms with Crippen LogP contribution in [0.2, 0.25) is 0 Å². The van der Waals surface area contributed by atoms with Gasteiger partial charge in [0.1, 0.15) is 11.2 Å². The molecule has 0 unspecified atom stereocenters. The fourth-order valence-electron chi connectivity index (χ4n) is 8.04. The molecule has 0 saturated carbocycles. The Kier molecular flexibility index (Phi) is 7.42. The molecule has 0 amide bonds. The summed E-state index contributed by atoms with van der Waals surface area (Å²) >= 11 is 0. The van der Waals surface area contributed by atoms with E-state index in [1.165, 1.54) is 5.39 Å². The normalized spacial score (nSPS) is 11.6. The molecule has 56 heavy (non-hydrogen) atoms. The predicted octanol–water partition coefficient (Wildman–Crippen LogP) is 13.2. The van der Waals surface area contributed by atoms with Gasteiger partial charge in [-0.3, -0.25) is 0 Å². The molecule has 0 bridgehead atoms. The van der Waals surface area contributed by atoms with Gasteiger partial charge in [-0.05, 0) is 59.2 Å². The SMILES string of the molecule is c1ccc(-c2nc(-c3ccccc3)nc(-c3cccc(-c4ccccc4)c3-n3c4ccccc4c4cc(-c5ccc6oc7ccccc7c6c5)ccc43)n2)cc1. The first-order valence-corrected chi connectivity index (χ1v) is 18.8. The zero-order valence-electron chi connectivity index (χ0n) is 30.2. The number of benzene rings is 8. The number of aromatic nitrogens is 4. The van der Waals surface area contributed by atoms with Gasteiger partial charge in [0, 0.05) is 43.8 Å². The Labute approximate surface area is 322 Å². The summed E-state index contributed by atoms with van der Waals surface area (Å²) in [5, 5.41) is 4.56. The van der Waals surface area contributed by atoms with Crippen LogP contribution in [0.15, 0.2) is 199 Å². The number of hydrogen-bond donors (Lipinski definition) is 0. The van der Waals surface area contributed by atoms with Crippen LogP contribution in [-0.4, -0.2) is 19.5 Å². The molecular weight excluding hydrogens is 685 g/mol. The standard InChI is InChI=1S/C51H32N4O/c1-4-15-33(16-5-1)38-23-14-24-41(51-53-49(34-17-6-2-7-18-34)52-50(54-51)35-19-8-3-9-20-35)48(38)55-44-25-12-10-21-39(44)42-31-36(27-29-45(42)55)37-28-30-47-43(32-37)40-22-11-13-26-46(40)56-47/h1-32H. The van der Waals surface area contributed by atoms with Crippen molar-refractivity contribution in [2.45, 2.75) is 0 Å². The van der Waals surface area contributed by atoms with E-state index in [0.717, 1.165) is 83.0 Å². The van der Waals surface area contributed by atoms with Crippen LogP contribution in [-0.2, 0) is 0 Å². The Morgan fingerprint density at radius 3 is 1.55 bits per heavy atom. The van der Waals surface area contributed by atoms with E-state index in [1.54, 1.807) is 0 Å². The average Bonchev–Trinajstić information content (AvgIpc) is 3.82. The molecule has 11 aromatic rings. The Hall–Kier alpha value is -7.63. The number of rotatable bonds is 6. The minimum Gasteiger partial charge on any atom is -0.456 e. The number of hydrogen-bond acceptors (Lipinski definition) is 4. The van der Waals surface area contributed by atoms with Crippen molar-refractivity contribution in [2.75, 3.05) is 0 Å². The molecule has 0 spiro atoms. The van der Waals surface area contributed by atoms with E-state index in [4.69, 9.17) is 19.4 Å². The van der Waals surface area contributed by atoms with Gasteiger partial charge in [-0.1, -0.05) is 152 Å². The molecule has 0 N–H and O–H groups in total. The van der Waals surface area contributed by atoms with Gasteiger partial charge in [-0.25, -0.2) is 15.0 Å². The van der Waals surface area contributed by atoms with Gasteiger partial charge in [0.05, 0.1) is 16.7 Å². The summed E-state index contributed by atoms with van der Waals surface area (Å²) in [6, 6.07) is 67.5. The number of furan rings is 1. The summed E-state index contributed by atoms with van der Waals surface area (Å²) in [5.74, 6) is 1.85. The second-order valence-electron chi connectivity index (χ2n) is 14.0. The molecule has 0 aliphatic heterocycles. The van der Waals surface area contributed by atoms with Crippen molar-refractivity contribution in [3.63, 3.8) is 0 Å². The summed E-state index contributed by atoms with van der Waals surface area (Å²) in [6.07, 6.45) is 0. The van der Waals surface area contributed by atoms with Crippen LogP contribution in [0.25, 0.3) is 106 Å². The average molecular weight is 717 g/mol. The molecule has 262 valence electrons. The fraction of sp³-hybridized carbons (Fsp3) is 0. The van der Waals surface area contributed by atoms with Crippen LogP contribution < -0.4 is 0 Å². The summed E-state index contributed by atoms with van der Waals surface area (Å²) in [7, 11) is 0. The minimum absolute atomic E-state index is 0.605. The number of para-hydroxylation sites is 3. The largest absolute Gasteiger partial charge is 0.456 e. The van der Waals surface area contributed by atoms with E-state index >= 15 is 0 Å². The molecule has 0 fully saturated rings. The van der Waals surface area contributed by atoms with E-state index in [9.17, 15) is 0 Å². The van der Waals surface area contributed by atoms with Crippen LogP contribution >= 0.6 is 0 Å². The van der Waals surface area contributed by atoms with Crippen molar-refractivity contribution in [2.24, 2.45) is 0 Å². The van der Waals surface area contributed by atoms with Gasteiger partial charge < -0.3 is 8.98 Å². The second kappa shape index (κ2) is 13.0. The van der Waals surface area contributed by atoms with E-state index < -0.39 is 0 Å². The highest BCUT2D eigenvalue weighted by atomic mass is 16.3. The molecule has 0 aliphatic carbocycles. The Balaban J connectivity index is 1.18. The molecule has 5 nitrogen and oxygen atoms in total.